The third-order valence-corrected chi connectivity index (χ3v) is 4.12. The van der Waals surface area contributed by atoms with Gasteiger partial charge in [0.1, 0.15) is 0 Å². The lowest BCUT2D eigenvalue weighted by Gasteiger charge is -2.37. The fourth-order valence-corrected chi connectivity index (χ4v) is 2.66. The van der Waals surface area contributed by atoms with Gasteiger partial charge in [-0.3, -0.25) is 0 Å². The van der Waals surface area contributed by atoms with Gasteiger partial charge in [0.05, 0.1) is 6.61 Å². The van der Waals surface area contributed by atoms with E-state index in [1.165, 1.54) is 25.7 Å². The van der Waals surface area contributed by atoms with E-state index in [0.29, 0.717) is 12.5 Å². The number of hydrogen-bond acceptors (Lipinski definition) is 2. The van der Waals surface area contributed by atoms with Crippen LogP contribution in [0.15, 0.2) is 0 Å². The first-order chi connectivity index (χ1) is 6.64. The third-order valence-electron chi connectivity index (χ3n) is 4.12. The zero-order valence-electron chi connectivity index (χ0n) is 9.63. The summed E-state index contributed by atoms with van der Waals surface area (Å²) in [5, 5.41) is 9.53. The van der Waals surface area contributed by atoms with E-state index in [2.05, 4.69) is 13.8 Å². The SMILES string of the molecule is CC(C)C(CN)(CO)CC1CCCC1. The Bertz CT molecular complexity index is 158. The van der Waals surface area contributed by atoms with Crippen molar-refractivity contribution in [3.63, 3.8) is 0 Å². The summed E-state index contributed by atoms with van der Waals surface area (Å²) in [6.07, 6.45) is 6.55. The monoisotopic (exact) mass is 199 g/mol. The van der Waals surface area contributed by atoms with Gasteiger partial charge >= 0.3 is 0 Å². The van der Waals surface area contributed by atoms with Crippen LogP contribution in [-0.2, 0) is 0 Å². The number of aliphatic hydroxyl groups excluding tert-OH is 1. The lowest BCUT2D eigenvalue weighted by atomic mass is 9.71. The molecule has 0 spiro atoms. The molecule has 0 aromatic rings. The Hall–Kier alpha value is -0.0800. The summed E-state index contributed by atoms with van der Waals surface area (Å²) in [5.74, 6) is 1.30. The van der Waals surface area contributed by atoms with Crippen LogP contribution >= 0.6 is 0 Å². The molecule has 1 fully saturated rings. The fraction of sp³-hybridized carbons (Fsp3) is 1.00. The lowest BCUT2D eigenvalue weighted by Crippen LogP contribution is -2.40. The van der Waals surface area contributed by atoms with Gasteiger partial charge in [-0.05, 0) is 18.3 Å². The van der Waals surface area contributed by atoms with Crippen LogP contribution in [0.1, 0.15) is 46.0 Å². The minimum atomic E-state index is -0.0188. The first-order valence-corrected chi connectivity index (χ1v) is 5.95. The third kappa shape index (κ3) is 2.48. The predicted octanol–water partition coefficient (Wildman–Crippen LogP) is 2.16. The Morgan fingerprint density at radius 1 is 1.36 bits per heavy atom. The molecule has 0 saturated heterocycles. The molecule has 2 heteroatoms. The van der Waals surface area contributed by atoms with Gasteiger partial charge in [-0.1, -0.05) is 39.5 Å². The molecule has 14 heavy (non-hydrogen) atoms. The molecule has 1 aliphatic rings. The van der Waals surface area contributed by atoms with E-state index < -0.39 is 0 Å². The Morgan fingerprint density at radius 2 is 1.93 bits per heavy atom. The molecular weight excluding hydrogens is 174 g/mol. The molecule has 1 rings (SSSR count). The normalized spacial score (nSPS) is 22.9. The van der Waals surface area contributed by atoms with Crippen LogP contribution in [0.25, 0.3) is 0 Å². The summed E-state index contributed by atoms with van der Waals surface area (Å²) in [6.45, 7) is 5.23. The highest BCUT2D eigenvalue weighted by Crippen LogP contribution is 2.39. The second kappa shape index (κ2) is 5.13. The Balaban J connectivity index is 2.57. The molecule has 0 heterocycles. The van der Waals surface area contributed by atoms with Crippen molar-refractivity contribution in [2.24, 2.45) is 23.0 Å². The summed E-state index contributed by atoms with van der Waals surface area (Å²) >= 11 is 0. The quantitative estimate of drug-likeness (QED) is 0.712. The summed E-state index contributed by atoms with van der Waals surface area (Å²) in [5.41, 5.74) is 5.82. The van der Waals surface area contributed by atoms with Crippen molar-refractivity contribution in [3.05, 3.63) is 0 Å². The van der Waals surface area contributed by atoms with Gasteiger partial charge in [0.2, 0.25) is 0 Å². The summed E-state index contributed by atoms with van der Waals surface area (Å²) in [7, 11) is 0. The van der Waals surface area contributed by atoms with Crippen LogP contribution in [0.3, 0.4) is 0 Å². The van der Waals surface area contributed by atoms with Crippen molar-refractivity contribution < 1.29 is 5.11 Å². The Kier molecular flexibility index (Phi) is 4.39. The molecule has 0 aliphatic heterocycles. The number of hydrogen-bond donors (Lipinski definition) is 2. The van der Waals surface area contributed by atoms with E-state index in [-0.39, 0.29) is 12.0 Å². The Morgan fingerprint density at radius 3 is 2.29 bits per heavy atom. The van der Waals surface area contributed by atoms with E-state index in [1.807, 2.05) is 0 Å². The van der Waals surface area contributed by atoms with Gasteiger partial charge in [0, 0.05) is 12.0 Å². The van der Waals surface area contributed by atoms with Crippen LogP contribution in [0.5, 0.6) is 0 Å². The molecule has 1 unspecified atom stereocenters. The molecule has 2 nitrogen and oxygen atoms in total. The number of nitrogens with two attached hydrogens (primary N) is 1. The van der Waals surface area contributed by atoms with Gasteiger partial charge in [-0.25, -0.2) is 0 Å². The molecule has 0 aromatic carbocycles. The highest BCUT2D eigenvalue weighted by Gasteiger charge is 2.35. The first-order valence-electron chi connectivity index (χ1n) is 5.95. The van der Waals surface area contributed by atoms with Crippen molar-refractivity contribution in [3.8, 4) is 0 Å². The molecule has 1 aliphatic carbocycles. The molecule has 0 radical (unpaired) electrons. The van der Waals surface area contributed by atoms with Gasteiger partial charge in [-0.2, -0.15) is 0 Å². The molecule has 1 atom stereocenters. The van der Waals surface area contributed by atoms with Gasteiger partial charge < -0.3 is 10.8 Å². The predicted molar refractivity (Wildman–Crippen MR) is 60.0 cm³/mol. The second-order valence-electron chi connectivity index (χ2n) is 5.23. The maximum absolute atomic E-state index is 9.53. The fourth-order valence-electron chi connectivity index (χ4n) is 2.66. The summed E-state index contributed by atoms with van der Waals surface area (Å²) in [4.78, 5) is 0. The molecule has 1 saturated carbocycles. The largest absolute Gasteiger partial charge is 0.396 e. The summed E-state index contributed by atoms with van der Waals surface area (Å²) in [6, 6.07) is 0. The average Bonchev–Trinajstić information content (AvgIpc) is 2.66. The van der Waals surface area contributed by atoms with E-state index in [4.69, 9.17) is 5.73 Å². The highest BCUT2D eigenvalue weighted by molar-refractivity contribution is 4.86. The van der Waals surface area contributed by atoms with Crippen LogP contribution in [0.2, 0.25) is 0 Å². The minimum absolute atomic E-state index is 0.0188. The molecular formula is C12H25NO. The first kappa shape index (κ1) is 12.0. The van der Waals surface area contributed by atoms with E-state index >= 15 is 0 Å². The van der Waals surface area contributed by atoms with Crippen molar-refractivity contribution in [1.82, 2.24) is 0 Å². The zero-order valence-corrected chi connectivity index (χ0v) is 9.63. The maximum Gasteiger partial charge on any atom is 0.0502 e. The number of rotatable bonds is 5. The molecule has 0 aromatic heterocycles. The molecule has 0 bridgehead atoms. The topological polar surface area (TPSA) is 46.2 Å². The molecule has 3 N–H and O–H groups in total. The second-order valence-corrected chi connectivity index (χ2v) is 5.23. The Labute approximate surface area is 87.9 Å². The van der Waals surface area contributed by atoms with Crippen molar-refractivity contribution in [2.75, 3.05) is 13.2 Å². The van der Waals surface area contributed by atoms with Crippen molar-refractivity contribution >= 4 is 0 Å². The highest BCUT2D eigenvalue weighted by atomic mass is 16.3. The lowest BCUT2D eigenvalue weighted by molar-refractivity contribution is 0.0582. The van der Waals surface area contributed by atoms with Crippen molar-refractivity contribution in [1.29, 1.82) is 0 Å². The van der Waals surface area contributed by atoms with Crippen molar-refractivity contribution in [2.45, 2.75) is 46.0 Å². The van der Waals surface area contributed by atoms with Gasteiger partial charge in [0.25, 0.3) is 0 Å². The van der Waals surface area contributed by atoms with E-state index in [9.17, 15) is 5.11 Å². The smallest absolute Gasteiger partial charge is 0.0502 e. The van der Waals surface area contributed by atoms with Gasteiger partial charge in [0.15, 0.2) is 0 Å². The molecule has 0 amide bonds. The average molecular weight is 199 g/mol. The van der Waals surface area contributed by atoms with Crippen LogP contribution in [-0.4, -0.2) is 18.3 Å². The van der Waals surface area contributed by atoms with Crippen LogP contribution in [0.4, 0.5) is 0 Å². The molecule has 84 valence electrons. The number of aliphatic hydroxyl groups is 1. The van der Waals surface area contributed by atoms with Crippen LogP contribution < -0.4 is 5.73 Å². The van der Waals surface area contributed by atoms with Crippen LogP contribution in [0, 0.1) is 17.3 Å². The van der Waals surface area contributed by atoms with Gasteiger partial charge in [-0.15, -0.1) is 0 Å². The van der Waals surface area contributed by atoms with E-state index in [0.717, 1.165) is 12.3 Å². The zero-order chi connectivity index (χ0) is 10.6. The maximum atomic E-state index is 9.53. The standard InChI is InChI=1S/C12H25NO/c1-10(2)12(8-13,9-14)7-11-5-3-4-6-11/h10-11,14H,3-9,13H2,1-2H3. The van der Waals surface area contributed by atoms with E-state index in [1.54, 1.807) is 0 Å². The summed E-state index contributed by atoms with van der Waals surface area (Å²) < 4.78 is 0. The minimum Gasteiger partial charge on any atom is -0.396 e.